The molecule has 4 heteroatoms. The number of hydrogen-bond acceptors (Lipinski definition) is 3. The van der Waals surface area contributed by atoms with Crippen LogP contribution in [0.15, 0.2) is 28.9 Å². The third kappa shape index (κ3) is 4.00. The standard InChI is InChI=1S/C16H21BrN2O/c1-2-3-4-5-6-11-14(20)15-16(17)19-13-10-8-7-9-12(13)18-15/h7-10,14,20H,2-6,11H2,1H3. The first-order valence-corrected chi connectivity index (χ1v) is 8.12. The number of rotatable bonds is 7. The minimum atomic E-state index is -0.539. The summed E-state index contributed by atoms with van der Waals surface area (Å²) in [6.45, 7) is 2.20. The summed E-state index contributed by atoms with van der Waals surface area (Å²) in [6, 6.07) is 7.72. The van der Waals surface area contributed by atoms with Gasteiger partial charge in [-0.15, -0.1) is 0 Å². The van der Waals surface area contributed by atoms with E-state index in [1.807, 2.05) is 24.3 Å². The predicted molar refractivity (Wildman–Crippen MR) is 85.6 cm³/mol. The SMILES string of the molecule is CCCCCCCC(O)c1nc2ccccc2nc1Br. The molecule has 3 nitrogen and oxygen atoms in total. The zero-order valence-electron chi connectivity index (χ0n) is 11.8. The van der Waals surface area contributed by atoms with Crippen molar-refractivity contribution in [1.82, 2.24) is 9.97 Å². The summed E-state index contributed by atoms with van der Waals surface area (Å²) in [5, 5.41) is 10.3. The van der Waals surface area contributed by atoms with Crippen molar-refractivity contribution in [2.24, 2.45) is 0 Å². The highest BCUT2D eigenvalue weighted by Crippen LogP contribution is 2.26. The Kier molecular flexibility index (Phi) is 5.92. The van der Waals surface area contributed by atoms with Crippen LogP contribution in [0.25, 0.3) is 11.0 Å². The molecular formula is C16H21BrN2O. The summed E-state index contributed by atoms with van der Waals surface area (Å²) in [4.78, 5) is 8.98. The summed E-state index contributed by atoms with van der Waals surface area (Å²) in [6.07, 6.45) is 6.16. The van der Waals surface area contributed by atoms with Gasteiger partial charge in [0.25, 0.3) is 0 Å². The number of nitrogens with zero attached hydrogens (tertiary/aromatic N) is 2. The van der Waals surface area contributed by atoms with E-state index in [1.165, 1.54) is 25.7 Å². The summed E-state index contributed by atoms with van der Waals surface area (Å²) >= 11 is 3.42. The van der Waals surface area contributed by atoms with Crippen LogP contribution >= 0.6 is 15.9 Å². The van der Waals surface area contributed by atoms with Crippen molar-refractivity contribution in [2.45, 2.75) is 51.6 Å². The van der Waals surface area contributed by atoms with E-state index < -0.39 is 6.10 Å². The zero-order chi connectivity index (χ0) is 14.4. The van der Waals surface area contributed by atoms with Crippen LogP contribution in [0.2, 0.25) is 0 Å². The van der Waals surface area contributed by atoms with Crippen molar-refractivity contribution < 1.29 is 5.11 Å². The fraction of sp³-hybridized carbons (Fsp3) is 0.500. The highest BCUT2D eigenvalue weighted by Gasteiger charge is 2.15. The molecule has 0 aliphatic carbocycles. The maximum atomic E-state index is 10.3. The predicted octanol–water partition coefficient (Wildman–Crippen LogP) is 4.79. The maximum absolute atomic E-state index is 10.3. The van der Waals surface area contributed by atoms with E-state index in [4.69, 9.17) is 0 Å². The molecule has 1 unspecified atom stereocenters. The van der Waals surface area contributed by atoms with E-state index in [1.54, 1.807) is 0 Å². The van der Waals surface area contributed by atoms with Crippen LogP contribution in [0.1, 0.15) is 57.2 Å². The Morgan fingerprint density at radius 2 is 1.70 bits per heavy atom. The fourth-order valence-electron chi connectivity index (χ4n) is 2.28. The molecule has 0 saturated heterocycles. The van der Waals surface area contributed by atoms with E-state index in [0.717, 1.165) is 23.9 Å². The number of halogens is 1. The van der Waals surface area contributed by atoms with Gasteiger partial charge in [0, 0.05) is 0 Å². The van der Waals surface area contributed by atoms with E-state index >= 15 is 0 Å². The molecule has 20 heavy (non-hydrogen) atoms. The first-order chi connectivity index (χ1) is 9.72. The van der Waals surface area contributed by atoms with Gasteiger partial charge in [-0.25, -0.2) is 9.97 Å². The Labute approximate surface area is 128 Å². The largest absolute Gasteiger partial charge is 0.387 e. The zero-order valence-corrected chi connectivity index (χ0v) is 13.4. The molecule has 108 valence electrons. The Morgan fingerprint density at radius 3 is 2.40 bits per heavy atom. The number of fused-ring (bicyclic) bond motifs is 1. The smallest absolute Gasteiger partial charge is 0.131 e. The Hall–Kier alpha value is -1.00. The normalized spacial score (nSPS) is 12.8. The monoisotopic (exact) mass is 336 g/mol. The molecule has 1 N–H and O–H groups in total. The quantitative estimate of drug-likeness (QED) is 0.739. The lowest BCUT2D eigenvalue weighted by atomic mass is 10.1. The summed E-state index contributed by atoms with van der Waals surface area (Å²) < 4.78 is 0.650. The summed E-state index contributed by atoms with van der Waals surface area (Å²) in [7, 11) is 0. The van der Waals surface area contributed by atoms with Crippen molar-refractivity contribution in [2.75, 3.05) is 0 Å². The molecule has 0 amide bonds. The molecule has 1 aromatic carbocycles. The van der Waals surface area contributed by atoms with Crippen LogP contribution in [-0.2, 0) is 0 Å². The van der Waals surface area contributed by atoms with E-state index in [-0.39, 0.29) is 0 Å². The molecule has 1 heterocycles. The Morgan fingerprint density at radius 1 is 1.05 bits per heavy atom. The minimum absolute atomic E-state index is 0.539. The molecule has 0 spiro atoms. The van der Waals surface area contributed by atoms with Gasteiger partial charge < -0.3 is 5.11 Å². The molecule has 0 saturated carbocycles. The van der Waals surface area contributed by atoms with Gasteiger partial charge in [-0.2, -0.15) is 0 Å². The van der Waals surface area contributed by atoms with Crippen molar-refractivity contribution in [1.29, 1.82) is 0 Å². The number of unbranched alkanes of at least 4 members (excludes halogenated alkanes) is 4. The number of hydrogen-bond donors (Lipinski definition) is 1. The van der Waals surface area contributed by atoms with Gasteiger partial charge in [-0.05, 0) is 34.5 Å². The van der Waals surface area contributed by atoms with Crippen molar-refractivity contribution in [3.63, 3.8) is 0 Å². The fourth-order valence-corrected chi connectivity index (χ4v) is 2.83. The molecule has 0 aliphatic rings. The van der Waals surface area contributed by atoms with E-state index in [9.17, 15) is 5.11 Å². The number of aliphatic hydroxyl groups excluding tert-OH is 1. The molecule has 1 atom stereocenters. The third-order valence-electron chi connectivity index (χ3n) is 3.45. The number of aromatic nitrogens is 2. The Bertz CT molecular complexity index is 559. The van der Waals surface area contributed by atoms with Gasteiger partial charge in [0.2, 0.25) is 0 Å². The number of para-hydroxylation sites is 2. The second-order valence-corrected chi connectivity index (χ2v) is 5.86. The van der Waals surface area contributed by atoms with Crippen LogP contribution in [-0.4, -0.2) is 15.1 Å². The highest BCUT2D eigenvalue weighted by molar-refractivity contribution is 9.10. The maximum Gasteiger partial charge on any atom is 0.131 e. The topological polar surface area (TPSA) is 46.0 Å². The molecule has 0 radical (unpaired) electrons. The summed E-state index contributed by atoms with van der Waals surface area (Å²) in [5.74, 6) is 0. The van der Waals surface area contributed by atoms with Gasteiger partial charge in [-0.3, -0.25) is 0 Å². The van der Waals surface area contributed by atoms with E-state index in [0.29, 0.717) is 10.3 Å². The first kappa shape index (κ1) is 15.4. The van der Waals surface area contributed by atoms with Gasteiger partial charge in [0.15, 0.2) is 0 Å². The molecule has 0 bridgehead atoms. The molecular weight excluding hydrogens is 316 g/mol. The van der Waals surface area contributed by atoms with Crippen LogP contribution in [0.5, 0.6) is 0 Å². The van der Waals surface area contributed by atoms with Crippen LogP contribution < -0.4 is 0 Å². The molecule has 1 aromatic heterocycles. The average molecular weight is 337 g/mol. The van der Waals surface area contributed by atoms with Gasteiger partial charge in [0.05, 0.1) is 17.1 Å². The number of benzene rings is 1. The molecule has 2 rings (SSSR count). The second kappa shape index (κ2) is 7.70. The number of aliphatic hydroxyl groups is 1. The van der Waals surface area contributed by atoms with Crippen molar-refractivity contribution >= 4 is 27.0 Å². The van der Waals surface area contributed by atoms with Crippen molar-refractivity contribution in [3.05, 3.63) is 34.6 Å². The van der Waals surface area contributed by atoms with Crippen LogP contribution in [0.3, 0.4) is 0 Å². The van der Waals surface area contributed by atoms with Crippen LogP contribution in [0, 0.1) is 0 Å². The third-order valence-corrected chi connectivity index (χ3v) is 4.03. The molecule has 2 aromatic rings. The minimum Gasteiger partial charge on any atom is -0.387 e. The highest BCUT2D eigenvalue weighted by atomic mass is 79.9. The first-order valence-electron chi connectivity index (χ1n) is 7.32. The molecule has 0 aliphatic heterocycles. The molecule has 0 fully saturated rings. The average Bonchev–Trinajstić information content (AvgIpc) is 2.46. The lowest BCUT2D eigenvalue weighted by molar-refractivity contribution is 0.158. The second-order valence-electron chi connectivity index (χ2n) is 5.11. The van der Waals surface area contributed by atoms with Gasteiger partial charge in [0.1, 0.15) is 10.3 Å². The Balaban J connectivity index is 2.02. The van der Waals surface area contributed by atoms with E-state index in [2.05, 4.69) is 32.8 Å². The van der Waals surface area contributed by atoms with Crippen LogP contribution in [0.4, 0.5) is 0 Å². The lowest BCUT2D eigenvalue weighted by Gasteiger charge is -2.12. The van der Waals surface area contributed by atoms with Gasteiger partial charge >= 0.3 is 0 Å². The van der Waals surface area contributed by atoms with Gasteiger partial charge in [-0.1, -0.05) is 51.2 Å². The lowest BCUT2D eigenvalue weighted by Crippen LogP contribution is -2.04. The summed E-state index contributed by atoms with van der Waals surface area (Å²) in [5.41, 5.74) is 2.33. The van der Waals surface area contributed by atoms with Crippen molar-refractivity contribution in [3.8, 4) is 0 Å².